The van der Waals surface area contributed by atoms with Gasteiger partial charge in [0.25, 0.3) is 0 Å². The van der Waals surface area contributed by atoms with Crippen molar-refractivity contribution in [3.8, 4) is 67.5 Å². The number of aromatic nitrogens is 3. The highest BCUT2D eigenvalue weighted by Crippen LogP contribution is 2.49. The van der Waals surface area contributed by atoms with Crippen LogP contribution in [0.3, 0.4) is 0 Å². The zero-order valence-electron chi connectivity index (χ0n) is 28.7. The zero-order chi connectivity index (χ0) is 35.3. The Bertz CT molecular complexity index is 3310. The van der Waals surface area contributed by atoms with E-state index in [0.717, 1.165) is 77.1 Å². The van der Waals surface area contributed by atoms with Gasteiger partial charge >= 0.3 is 0 Å². The number of fused-ring (bicyclic) bond motifs is 9. The average Bonchev–Trinajstić information content (AvgIpc) is 3.91. The summed E-state index contributed by atoms with van der Waals surface area (Å²) in [6.07, 6.45) is 0. The van der Waals surface area contributed by atoms with Gasteiger partial charge in [0.15, 0.2) is 17.5 Å². The van der Waals surface area contributed by atoms with Crippen molar-refractivity contribution in [3.05, 3.63) is 164 Å². The van der Waals surface area contributed by atoms with Gasteiger partial charge in [0, 0.05) is 38.2 Å². The lowest BCUT2D eigenvalue weighted by Gasteiger charge is -2.12. The standard InChI is InChI=1S/C49H27N3O2/c1-2-11-28(12-3-1)29-23-26-41-39(27-29)46-38(19-10-22-43(46)54-41)49-51-47(35-25-24-34-31-14-5-4-13-30(31)32-16-8-17-33(35)44(32)34)50-48(52-49)37-18-9-21-42-45(37)36-15-6-7-20-40(36)53-42/h1-27H. The molecule has 3 aromatic heterocycles. The minimum absolute atomic E-state index is 0.574. The summed E-state index contributed by atoms with van der Waals surface area (Å²) in [6.45, 7) is 0. The fourth-order valence-electron chi connectivity index (χ4n) is 8.53. The first-order chi connectivity index (χ1) is 26.8. The topological polar surface area (TPSA) is 65.0 Å². The largest absolute Gasteiger partial charge is 0.456 e. The van der Waals surface area contributed by atoms with Crippen molar-refractivity contribution in [3.63, 3.8) is 0 Å². The number of furan rings is 2. The molecule has 1 aliphatic rings. The molecular weight excluding hydrogens is 663 g/mol. The van der Waals surface area contributed by atoms with Gasteiger partial charge in [-0.1, -0.05) is 127 Å². The molecule has 0 N–H and O–H groups in total. The van der Waals surface area contributed by atoms with E-state index in [-0.39, 0.29) is 0 Å². The van der Waals surface area contributed by atoms with E-state index in [1.54, 1.807) is 0 Å². The van der Waals surface area contributed by atoms with E-state index in [9.17, 15) is 0 Å². The van der Waals surface area contributed by atoms with Gasteiger partial charge in [-0.05, 0) is 80.6 Å². The van der Waals surface area contributed by atoms with E-state index >= 15 is 0 Å². The molecule has 0 atom stereocenters. The lowest BCUT2D eigenvalue weighted by atomic mass is 9.97. The Morgan fingerprint density at radius 1 is 0.278 bits per heavy atom. The predicted molar refractivity (Wildman–Crippen MR) is 218 cm³/mol. The zero-order valence-corrected chi connectivity index (χ0v) is 28.7. The average molecular weight is 690 g/mol. The minimum atomic E-state index is 0.574. The van der Waals surface area contributed by atoms with Gasteiger partial charge in [0.1, 0.15) is 22.3 Å². The van der Waals surface area contributed by atoms with Crippen molar-refractivity contribution in [1.29, 1.82) is 0 Å². The third-order valence-corrected chi connectivity index (χ3v) is 10.9. The van der Waals surface area contributed by atoms with Gasteiger partial charge in [-0.25, -0.2) is 15.0 Å². The Labute approximate surface area is 308 Å². The summed E-state index contributed by atoms with van der Waals surface area (Å²) in [4.78, 5) is 16.0. The lowest BCUT2D eigenvalue weighted by molar-refractivity contribution is 0.668. The minimum Gasteiger partial charge on any atom is -0.456 e. The number of rotatable bonds is 4. The van der Waals surface area contributed by atoms with Gasteiger partial charge in [0.05, 0.1) is 0 Å². The van der Waals surface area contributed by atoms with Crippen LogP contribution in [0.2, 0.25) is 0 Å². The maximum absolute atomic E-state index is 6.47. The molecule has 0 spiro atoms. The van der Waals surface area contributed by atoms with Crippen molar-refractivity contribution in [1.82, 2.24) is 15.0 Å². The quantitative estimate of drug-likeness (QED) is 0.184. The normalized spacial score (nSPS) is 12.1. The SMILES string of the molecule is c1ccc(-c2ccc3oc4cccc(-c5nc(-c6ccc7c8c(cccc68)-c6ccccc6-7)nc(-c6cccc7oc8ccccc8c67)n5)c4c3c2)cc1. The van der Waals surface area contributed by atoms with Crippen molar-refractivity contribution >= 4 is 54.6 Å². The molecule has 5 nitrogen and oxygen atoms in total. The van der Waals surface area contributed by atoms with Crippen LogP contribution in [0.5, 0.6) is 0 Å². The molecular formula is C49H27N3O2. The molecule has 54 heavy (non-hydrogen) atoms. The molecule has 0 bridgehead atoms. The van der Waals surface area contributed by atoms with E-state index in [2.05, 4.69) is 115 Å². The van der Waals surface area contributed by atoms with Crippen LogP contribution in [0.25, 0.3) is 122 Å². The van der Waals surface area contributed by atoms with Gasteiger partial charge in [-0.2, -0.15) is 0 Å². The van der Waals surface area contributed by atoms with E-state index in [1.807, 2.05) is 48.5 Å². The smallest absolute Gasteiger partial charge is 0.164 e. The van der Waals surface area contributed by atoms with Crippen molar-refractivity contribution in [2.45, 2.75) is 0 Å². The second kappa shape index (κ2) is 11.1. The molecule has 8 aromatic carbocycles. The van der Waals surface area contributed by atoms with Gasteiger partial charge in [-0.3, -0.25) is 0 Å². The summed E-state index contributed by atoms with van der Waals surface area (Å²) >= 11 is 0. The summed E-state index contributed by atoms with van der Waals surface area (Å²) in [5.74, 6) is 1.76. The molecule has 0 fully saturated rings. The summed E-state index contributed by atoms with van der Waals surface area (Å²) in [5.41, 5.74) is 13.1. The number of para-hydroxylation sites is 1. The highest BCUT2D eigenvalue weighted by Gasteiger charge is 2.25. The first-order valence-electron chi connectivity index (χ1n) is 18.1. The van der Waals surface area contributed by atoms with E-state index in [4.69, 9.17) is 23.8 Å². The summed E-state index contributed by atoms with van der Waals surface area (Å²) < 4.78 is 12.8. The second-order valence-corrected chi connectivity index (χ2v) is 13.9. The molecule has 0 saturated heterocycles. The molecule has 0 radical (unpaired) electrons. The predicted octanol–water partition coefficient (Wildman–Crippen LogP) is 13.1. The van der Waals surface area contributed by atoms with Gasteiger partial charge < -0.3 is 8.83 Å². The number of benzene rings is 8. The Kier molecular flexibility index (Phi) is 5.99. The number of hydrogen-bond acceptors (Lipinski definition) is 5. The summed E-state index contributed by atoms with van der Waals surface area (Å²) in [7, 11) is 0. The Balaban J connectivity index is 1.15. The molecule has 11 aromatic rings. The molecule has 0 amide bonds. The molecule has 250 valence electrons. The molecule has 5 heteroatoms. The van der Waals surface area contributed by atoms with E-state index in [0.29, 0.717) is 17.5 Å². The molecule has 0 saturated carbocycles. The summed E-state index contributed by atoms with van der Waals surface area (Å²) in [5, 5.41) is 6.31. The molecule has 1 aliphatic carbocycles. The Morgan fingerprint density at radius 2 is 0.778 bits per heavy atom. The molecule has 12 rings (SSSR count). The van der Waals surface area contributed by atoms with Crippen LogP contribution >= 0.6 is 0 Å². The van der Waals surface area contributed by atoms with Crippen LogP contribution in [-0.2, 0) is 0 Å². The van der Waals surface area contributed by atoms with Crippen molar-refractivity contribution in [2.75, 3.05) is 0 Å². The van der Waals surface area contributed by atoms with Crippen LogP contribution in [0.4, 0.5) is 0 Å². The lowest BCUT2D eigenvalue weighted by Crippen LogP contribution is -2.01. The fourth-order valence-corrected chi connectivity index (χ4v) is 8.53. The first-order valence-corrected chi connectivity index (χ1v) is 18.1. The van der Waals surface area contributed by atoms with Crippen molar-refractivity contribution in [2.24, 2.45) is 0 Å². The van der Waals surface area contributed by atoms with E-state index < -0.39 is 0 Å². The Morgan fingerprint density at radius 3 is 1.52 bits per heavy atom. The molecule has 0 unspecified atom stereocenters. The van der Waals surface area contributed by atoms with Crippen LogP contribution in [-0.4, -0.2) is 15.0 Å². The third kappa shape index (κ3) is 4.18. The third-order valence-electron chi connectivity index (χ3n) is 10.9. The highest BCUT2D eigenvalue weighted by atomic mass is 16.3. The van der Waals surface area contributed by atoms with Gasteiger partial charge in [0.2, 0.25) is 0 Å². The number of nitrogens with zero attached hydrogens (tertiary/aromatic N) is 3. The molecule has 0 aliphatic heterocycles. The van der Waals surface area contributed by atoms with Gasteiger partial charge in [-0.15, -0.1) is 0 Å². The van der Waals surface area contributed by atoms with Crippen LogP contribution < -0.4 is 0 Å². The Hall–Kier alpha value is -7.37. The maximum atomic E-state index is 6.47. The van der Waals surface area contributed by atoms with Crippen LogP contribution in [0, 0.1) is 0 Å². The monoisotopic (exact) mass is 689 g/mol. The van der Waals surface area contributed by atoms with E-state index in [1.165, 1.54) is 27.6 Å². The molecule has 3 heterocycles. The second-order valence-electron chi connectivity index (χ2n) is 13.9. The maximum Gasteiger partial charge on any atom is 0.164 e. The fraction of sp³-hybridized carbons (Fsp3) is 0. The van der Waals surface area contributed by atoms with Crippen LogP contribution in [0.1, 0.15) is 0 Å². The first kappa shape index (κ1) is 29.2. The number of hydrogen-bond donors (Lipinski definition) is 0. The highest BCUT2D eigenvalue weighted by molar-refractivity contribution is 6.19. The summed E-state index contributed by atoms with van der Waals surface area (Å²) in [6, 6.07) is 56.7. The van der Waals surface area contributed by atoms with Crippen LogP contribution in [0.15, 0.2) is 173 Å². The van der Waals surface area contributed by atoms with Crippen molar-refractivity contribution < 1.29 is 8.83 Å².